The van der Waals surface area contributed by atoms with E-state index in [0.717, 1.165) is 44.9 Å². The van der Waals surface area contributed by atoms with Crippen LogP contribution in [0.5, 0.6) is 0 Å². The topological polar surface area (TPSA) is 54.4 Å². The normalized spacial score (nSPS) is 40.1. The number of hydrogen-bond donors (Lipinski definition) is 1. The van der Waals surface area contributed by atoms with Gasteiger partial charge in [-0.05, 0) is 37.5 Å². The Balaban J connectivity index is 2.01. The Labute approximate surface area is 105 Å². The summed E-state index contributed by atoms with van der Waals surface area (Å²) in [5.74, 6) is 0.784. The van der Waals surface area contributed by atoms with Crippen molar-refractivity contribution >= 4 is 9.84 Å². The van der Waals surface area contributed by atoms with Crippen LogP contribution in [-0.4, -0.2) is 31.1 Å². The fraction of sp³-hybridized carbons (Fsp3) is 1.00. The van der Waals surface area contributed by atoms with E-state index in [2.05, 4.69) is 0 Å². The number of hydrogen-bond acceptors (Lipinski definition) is 3. The Kier molecular flexibility index (Phi) is 4.14. The Bertz CT molecular complexity index is 350. The zero-order valence-electron chi connectivity index (χ0n) is 10.6. The van der Waals surface area contributed by atoms with E-state index in [1.54, 1.807) is 0 Å². The van der Waals surface area contributed by atoms with Crippen LogP contribution in [0.1, 0.15) is 51.4 Å². The maximum atomic E-state index is 11.6. The SMILES string of the molecule is CS(=O)(=O)C1CCCC(C2CCCCC2O)C1. The molecule has 2 fully saturated rings. The molecule has 2 aliphatic carbocycles. The average molecular weight is 260 g/mol. The molecule has 0 aromatic carbocycles. The van der Waals surface area contributed by atoms with Crippen molar-refractivity contribution in [3.8, 4) is 0 Å². The summed E-state index contributed by atoms with van der Waals surface area (Å²) < 4.78 is 23.3. The van der Waals surface area contributed by atoms with E-state index >= 15 is 0 Å². The maximum Gasteiger partial charge on any atom is 0.150 e. The predicted octanol–water partition coefficient (Wildman–Crippen LogP) is 2.14. The summed E-state index contributed by atoms with van der Waals surface area (Å²) in [6.45, 7) is 0. The van der Waals surface area contributed by atoms with Crippen LogP contribution >= 0.6 is 0 Å². The quantitative estimate of drug-likeness (QED) is 0.827. The van der Waals surface area contributed by atoms with Crippen molar-refractivity contribution in [2.75, 3.05) is 6.26 Å². The van der Waals surface area contributed by atoms with Gasteiger partial charge in [-0.2, -0.15) is 0 Å². The molecule has 0 aromatic rings. The summed E-state index contributed by atoms with van der Waals surface area (Å²) in [7, 11) is -2.90. The first-order valence-corrected chi connectivity index (χ1v) is 8.81. The highest BCUT2D eigenvalue weighted by Gasteiger charge is 2.36. The molecule has 17 heavy (non-hydrogen) atoms. The highest BCUT2D eigenvalue weighted by molar-refractivity contribution is 7.91. The first-order valence-electron chi connectivity index (χ1n) is 6.85. The predicted molar refractivity (Wildman–Crippen MR) is 68.6 cm³/mol. The van der Waals surface area contributed by atoms with Crippen LogP contribution in [0.25, 0.3) is 0 Å². The zero-order valence-corrected chi connectivity index (χ0v) is 11.5. The summed E-state index contributed by atoms with van der Waals surface area (Å²) >= 11 is 0. The molecule has 1 N–H and O–H groups in total. The Morgan fingerprint density at radius 3 is 2.35 bits per heavy atom. The van der Waals surface area contributed by atoms with E-state index in [0.29, 0.717) is 11.8 Å². The van der Waals surface area contributed by atoms with E-state index < -0.39 is 9.84 Å². The molecule has 0 aromatic heterocycles. The van der Waals surface area contributed by atoms with Gasteiger partial charge in [0.25, 0.3) is 0 Å². The maximum absolute atomic E-state index is 11.6. The van der Waals surface area contributed by atoms with Gasteiger partial charge in [-0.15, -0.1) is 0 Å². The van der Waals surface area contributed by atoms with Gasteiger partial charge < -0.3 is 5.11 Å². The van der Waals surface area contributed by atoms with Gasteiger partial charge in [-0.25, -0.2) is 8.42 Å². The van der Waals surface area contributed by atoms with Crippen molar-refractivity contribution in [1.29, 1.82) is 0 Å². The molecule has 2 aliphatic rings. The van der Waals surface area contributed by atoms with Gasteiger partial charge in [0, 0.05) is 6.26 Å². The fourth-order valence-electron chi connectivity index (χ4n) is 3.65. The largest absolute Gasteiger partial charge is 0.393 e. The summed E-state index contributed by atoms with van der Waals surface area (Å²) in [4.78, 5) is 0. The molecule has 4 unspecified atom stereocenters. The molecule has 0 bridgehead atoms. The molecule has 4 heteroatoms. The molecule has 3 nitrogen and oxygen atoms in total. The number of rotatable bonds is 2. The molecular formula is C13H24O3S. The van der Waals surface area contributed by atoms with Crippen molar-refractivity contribution in [2.45, 2.75) is 62.7 Å². The Morgan fingerprint density at radius 1 is 1.00 bits per heavy atom. The molecule has 0 spiro atoms. The van der Waals surface area contributed by atoms with E-state index in [1.165, 1.54) is 12.7 Å². The van der Waals surface area contributed by atoms with Crippen molar-refractivity contribution in [1.82, 2.24) is 0 Å². The molecule has 2 saturated carbocycles. The lowest BCUT2D eigenvalue weighted by molar-refractivity contribution is 0.0261. The van der Waals surface area contributed by atoms with Crippen molar-refractivity contribution in [3.63, 3.8) is 0 Å². The number of aliphatic hydroxyl groups excluding tert-OH is 1. The van der Waals surface area contributed by atoms with Crippen LogP contribution in [-0.2, 0) is 9.84 Å². The minimum Gasteiger partial charge on any atom is -0.393 e. The number of aliphatic hydroxyl groups is 1. The van der Waals surface area contributed by atoms with Crippen molar-refractivity contribution < 1.29 is 13.5 Å². The highest BCUT2D eigenvalue weighted by Crippen LogP contribution is 2.39. The second-order valence-electron chi connectivity index (χ2n) is 5.89. The third-order valence-electron chi connectivity index (χ3n) is 4.66. The molecule has 0 saturated heterocycles. The average Bonchev–Trinajstić information content (AvgIpc) is 2.29. The molecule has 0 aliphatic heterocycles. The zero-order chi connectivity index (χ0) is 12.5. The Hall–Kier alpha value is -0.0900. The van der Waals surface area contributed by atoms with E-state index in [9.17, 15) is 13.5 Å². The summed E-state index contributed by atoms with van der Waals surface area (Å²) in [5.41, 5.74) is 0. The lowest BCUT2D eigenvalue weighted by atomic mass is 9.72. The van der Waals surface area contributed by atoms with Gasteiger partial charge in [0.05, 0.1) is 11.4 Å². The van der Waals surface area contributed by atoms with Crippen molar-refractivity contribution in [3.05, 3.63) is 0 Å². The minimum absolute atomic E-state index is 0.157. The second kappa shape index (κ2) is 5.27. The molecule has 0 amide bonds. The molecule has 2 rings (SSSR count). The van der Waals surface area contributed by atoms with Gasteiger partial charge in [-0.1, -0.05) is 25.7 Å². The third kappa shape index (κ3) is 3.22. The first-order chi connectivity index (χ1) is 7.98. The molecule has 0 radical (unpaired) electrons. The van der Waals surface area contributed by atoms with Crippen LogP contribution in [0.2, 0.25) is 0 Å². The lowest BCUT2D eigenvalue weighted by Crippen LogP contribution is -2.37. The molecule has 0 heterocycles. The van der Waals surface area contributed by atoms with Gasteiger partial charge in [0.2, 0.25) is 0 Å². The summed E-state index contributed by atoms with van der Waals surface area (Å²) in [6.07, 6.45) is 9.19. The molecule has 100 valence electrons. The van der Waals surface area contributed by atoms with Crippen LogP contribution in [0.3, 0.4) is 0 Å². The summed E-state index contributed by atoms with van der Waals surface area (Å²) in [6, 6.07) is 0. The number of sulfone groups is 1. The van der Waals surface area contributed by atoms with Crippen LogP contribution in [0, 0.1) is 11.8 Å². The van der Waals surface area contributed by atoms with Gasteiger partial charge in [-0.3, -0.25) is 0 Å². The standard InChI is InChI=1S/C13H24O3S/c1-17(15,16)11-6-4-5-10(9-11)12-7-2-3-8-13(12)14/h10-14H,2-9H2,1H3. The fourth-order valence-corrected chi connectivity index (χ4v) is 4.84. The molecule has 4 atom stereocenters. The van der Waals surface area contributed by atoms with Gasteiger partial charge in [0.1, 0.15) is 9.84 Å². The Morgan fingerprint density at radius 2 is 1.71 bits per heavy atom. The minimum atomic E-state index is -2.90. The third-order valence-corrected chi connectivity index (χ3v) is 6.30. The van der Waals surface area contributed by atoms with Crippen LogP contribution in [0.15, 0.2) is 0 Å². The molecular weight excluding hydrogens is 236 g/mol. The van der Waals surface area contributed by atoms with E-state index in [1.807, 2.05) is 0 Å². The monoisotopic (exact) mass is 260 g/mol. The van der Waals surface area contributed by atoms with Crippen molar-refractivity contribution in [2.24, 2.45) is 11.8 Å². The van der Waals surface area contributed by atoms with E-state index in [4.69, 9.17) is 0 Å². The first kappa shape index (κ1) is 13.3. The van der Waals surface area contributed by atoms with E-state index in [-0.39, 0.29) is 11.4 Å². The highest BCUT2D eigenvalue weighted by atomic mass is 32.2. The lowest BCUT2D eigenvalue weighted by Gasteiger charge is -2.38. The van der Waals surface area contributed by atoms with Gasteiger partial charge in [0.15, 0.2) is 0 Å². The van der Waals surface area contributed by atoms with Crippen LogP contribution in [0.4, 0.5) is 0 Å². The summed E-state index contributed by atoms with van der Waals surface area (Å²) in [5, 5.41) is 9.90. The van der Waals surface area contributed by atoms with Gasteiger partial charge >= 0.3 is 0 Å². The smallest absolute Gasteiger partial charge is 0.150 e. The van der Waals surface area contributed by atoms with Crippen LogP contribution < -0.4 is 0 Å². The second-order valence-corrected chi connectivity index (χ2v) is 8.22.